The molecule has 0 unspecified atom stereocenters. The molecule has 1 heterocycles. The predicted molar refractivity (Wildman–Crippen MR) is 62.6 cm³/mol. The van der Waals surface area contributed by atoms with Gasteiger partial charge in [-0.3, -0.25) is 4.68 Å². The Hall–Kier alpha value is -1.09. The molecule has 3 nitrogen and oxygen atoms in total. The second kappa shape index (κ2) is 4.19. The summed E-state index contributed by atoms with van der Waals surface area (Å²) < 4.78 is 1.82. The molecule has 1 rings (SSSR count). The number of nitrogens with zero attached hydrogens (tertiary/aromatic N) is 2. The molecule has 0 aliphatic heterocycles. The van der Waals surface area contributed by atoms with E-state index in [9.17, 15) is 0 Å². The molecule has 0 bridgehead atoms. The predicted octanol–water partition coefficient (Wildman–Crippen LogP) is 2.11. The number of aliphatic hydroxyl groups excluding tert-OH is 1. The number of aryl methyl sites for hydroxylation is 1. The van der Waals surface area contributed by atoms with Gasteiger partial charge in [0.2, 0.25) is 0 Å². The molecule has 84 valence electrons. The zero-order valence-electron chi connectivity index (χ0n) is 10.2. The molecule has 3 heteroatoms. The van der Waals surface area contributed by atoms with Crippen LogP contribution in [0.3, 0.4) is 0 Å². The van der Waals surface area contributed by atoms with Gasteiger partial charge < -0.3 is 5.11 Å². The number of aliphatic hydroxyl groups is 1. The van der Waals surface area contributed by atoms with Gasteiger partial charge in [-0.05, 0) is 12.5 Å². The van der Waals surface area contributed by atoms with Crippen molar-refractivity contribution in [3.8, 4) is 0 Å². The van der Waals surface area contributed by atoms with E-state index >= 15 is 0 Å². The largest absolute Gasteiger partial charge is 0.392 e. The van der Waals surface area contributed by atoms with Gasteiger partial charge in [-0.25, -0.2) is 0 Å². The van der Waals surface area contributed by atoms with Crippen molar-refractivity contribution in [3.05, 3.63) is 23.0 Å². The van der Waals surface area contributed by atoms with E-state index in [0.29, 0.717) is 0 Å². The lowest BCUT2D eigenvalue weighted by atomic mass is 9.89. The van der Waals surface area contributed by atoms with Gasteiger partial charge in [-0.1, -0.05) is 26.8 Å². The van der Waals surface area contributed by atoms with E-state index in [4.69, 9.17) is 5.11 Å². The van der Waals surface area contributed by atoms with Crippen LogP contribution in [-0.2, 0) is 12.5 Å². The molecular weight excluding hydrogens is 188 g/mol. The molecule has 1 N–H and O–H groups in total. The Bertz CT molecular complexity index is 369. The Kier molecular flexibility index (Phi) is 3.35. The molecule has 0 aromatic carbocycles. The molecule has 0 radical (unpaired) electrons. The van der Waals surface area contributed by atoms with Gasteiger partial charge in [-0.2, -0.15) is 5.10 Å². The minimum atomic E-state index is 0.0306. The van der Waals surface area contributed by atoms with Crippen LogP contribution < -0.4 is 0 Å². The number of hydrogen-bond acceptors (Lipinski definition) is 2. The monoisotopic (exact) mass is 208 g/mol. The lowest BCUT2D eigenvalue weighted by Crippen LogP contribution is -2.14. The maximum absolute atomic E-state index is 9.00. The van der Waals surface area contributed by atoms with Crippen molar-refractivity contribution in [1.82, 2.24) is 9.78 Å². The minimum Gasteiger partial charge on any atom is -0.392 e. The van der Waals surface area contributed by atoms with Crippen LogP contribution in [-0.4, -0.2) is 21.5 Å². The fourth-order valence-corrected chi connectivity index (χ4v) is 1.51. The van der Waals surface area contributed by atoms with Gasteiger partial charge in [-0.15, -0.1) is 0 Å². The normalized spacial score (nSPS) is 13.3. The topological polar surface area (TPSA) is 38.0 Å². The van der Waals surface area contributed by atoms with E-state index in [-0.39, 0.29) is 12.0 Å². The summed E-state index contributed by atoms with van der Waals surface area (Å²) in [4.78, 5) is 0. The van der Waals surface area contributed by atoms with Crippen LogP contribution in [0.25, 0.3) is 6.08 Å². The zero-order chi connectivity index (χ0) is 11.6. The van der Waals surface area contributed by atoms with Crippen molar-refractivity contribution in [1.29, 1.82) is 0 Å². The quantitative estimate of drug-likeness (QED) is 0.808. The SMILES string of the molecule is CC(=Cc1cn(C)nc1C(C)(C)C)CO. The highest BCUT2D eigenvalue weighted by atomic mass is 16.3. The smallest absolute Gasteiger partial charge is 0.0750 e. The molecule has 1 aromatic rings. The van der Waals surface area contributed by atoms with Crippen LogP contribution in [0.4, 0.5) is 0 Å². The van der Waals surface area contributed by atoms with Gasteiger partial charge >= 0.3 is 0 Å². The lowest BCUT2D eigenvalue weighted by molar-refractivity contribution is 0.332. The third-order valence-corrected chi connectivity index (χ3v) is 2.22. The van der Waals surface area contributed by atoms with Crippen molar-refractivity contribution in [3.63, 3.8) is 0 Å². The fraction of sp³-hybridized carbons (Fsp3) is 0.583. The summed E-state index contributed by atoms with van der Waals surface area (Å²) in [5.74, 6) is 0. The molecule has 0 atom stereocenters. The zero-order valence-corrected chi connectivity index (χ0v) is 10.2. The average molecular weight is 208 g/mol. The first-order valence-electron chi connectivity index (χ1n) is 5.16. The third kappa shape index (κ3) is 2.93. The van der Waals surface area contributed by atoms with Crippen molar-refractivity contribution in [2.24, 2.45) is 7.05 Å². The Morgan fingerprint density at radius 2 is 2.13 bits per heavy atom. The van der Waals surface area contributed by atoms with Crippen LogP contribution in [0, 0.1) is 0 Å². The maximum atomic E-state index is 9.00. The van der Waals surface area contributed by atoms with E-state index < -0.39 is 0 Å². The van der Waals surface area contributed by atoms with Gasteiger partial charge in [0, 0.05) is 24.2 Å². The molecule has 15 heavy (non-hydrogen) atoms. The minimum absolute atomic E-state index is 0.0306. The first-order valence-corrected chi connectivity index (χ1v) is 5.16. The highest BCUT2D eigenvalue weighted by Crippen LogP contribution is 2.25. The molecule has 0 spiro atoms. The lowest BCUT2D eigenvalue weighted by Gasteiger charge is -2.16. The summed E-state index contributed by atoms with van der Waals surface area (Å²) in [6.45, 7) is 8.43. The summed E-state index contributed by atoms with van der Waals surface area (Å²) in [6, 6.07) is 0. The number of hydrogen-bond donors (Lipinski definition) is 1. The molecule has 0 aliphatic carbocycles. The van der Waals surface area contributed by atoms with E-state index in [0.717, 1.165) is 16.8 Å². The maximum Gasteiger partial charge on any atom is 0.0750 e. The summed E-state index contributed by atoms with van der Waals surface area (Å²) in [6.07, 6.45) is 3.98. The second-order valence-electron chi connectivity index (χ2n) is 5.01. The van der Waals surface area contributed by atoms with Crippen LogP contribution in [0.2, 0.25) is 0 Å². The van der Waals surface area contributed by atoms with Crippen LogP contribution in [0.1, 0.15) is 39.0 Å². The molecule has 0 aliphatic rings. The summed E-state index contributed by atoms with van der Waals surface area (Å²) in [7, 11) is 1.92. The Labute approximate surface area is 91.4 Å². The highest BCUT2D eigenvalue weighted by Gasteiger charge is 2.20. The Morgan fingerprint density at radius 3 is 2.60 bits per heavy atom. The molecule has 0 amide bonds. The average Bonchev–Trinajstić information content (AvgIpc) is 2.45. The first kappa shape index (κ1) is 12.0. The molecule has 0 fully saturated rings. The van der Waals surface area contributed by atoms with Crippen LogP contribution >= 0.6 is 0 Å². The Morgan fingerprint density at radius 1 is 1.53 bits per heavy atom. The molecule has 0 saturated carbocycles. The standard InChI is InChI=1S/C12H20N2O/c1-9(8-15)6-10-7-14(5)13-11(10)12(2,3)4/h6-7,15H,8H2,1-5H3. The number of aromatic nitrogens is 2. The highest BCUT2D eigenvalue weighted by molar-refractivity contribution is 5.55. The second-order valence-corrected chi connectivity index (χ2v) is 5.01. The summed E-state index contributed by atoms with van der Waals surface area (Å²) in [5, 5.41) is 13.5. The van der Waals surface area contributed by atoms with E-state index in [1.165, 1.54) is 0 Å². The van der Waals surface area contributed by atoms with Crippen molar-refractivity contribution < 1.29 is 5.11 Å². The van der Waals surface area contributed by atoms with Crippen LogP contribution in [0.5, 0.6) is 0 Å². The van der Waals surface area contributed by atoms with Gasteiger partial charge in [0.15, 0.2) is 0 Å². The van der Waals surface area contributed by atoms with Gasteiger partial charge in [0.25, 0.3) is 0 Å². The van der Waals surface area contributed by atoms with E-state index in [1.807, 2.05) is 30.9 Å². The molecular formula is C12H20N2O. The summed E-state index contributed by atoms with van der Waals surface area (Å²) in [5.41, 5.74) is 3.14. The Balaban J connectivity index is 3.18. The van der Waals surface area contributed by atoms with Gasteiger partial charge in [0.05, 0.1) is 12.3 Å². The van der Waals surface area contributed by atoms with Crippen LogP contribution in [0.15, 0.2) is 11.8 Å². The first-order chi connectivity index (χ1) is 6.84. The fourth-order valence-electron chi connectivity index (χ4n) is 1.51. The third-order valence-electron chi connectivity index (χ3n) is 2.22. The summed E-state index contributed by atoms with van der Waals surface area (Å²) >= 11 is 0. The van der Waals surface area contributed by atoms with E-state index in [1.54, 1.807) is 0 Å². The molecule has 1 aromatic heterocycles. The van der Waals surface area contributed by atoms with Crippen molar-refractivity contribution >= 4 is 6.08 Å². The molecule has 0 saturated heterocycles. The van der Waals surface area contributed by atoms with Crippen molar-refractivity contribution in [2.75, 3.05) is 6.61 Å². The van der Waals surface area contributed by atoms with Crippen molar-refractivity contribution in [2.45, 2.75) is 33.1 Å². The van der Waals surface area contributed by atoms with Gasteiger partial charge in [0.1, 0.15) is 0 Å². The van der Waals surface area contributed by atoms with E-state index in [2.05, 4.69) is 25.9 Å². The number of rotatable bonds is 2.